The molecule has 1 aromatic rings. The molecule has 1 rings (SSSR count). The number of carbonyl (C=O) groups is 1. The van der Waals surface area contributed by atoms with Crippen LogP contribution in [0, 0.1) is 5.82 Å². The third-order valence-corrected chi connectivity index (χ3v) is 2.13. The van der Waals surface area contributed by atoms with E-state index in [2.05, 4.69) is 0 Å². The predicted octanol–water partition coefficient (Wildman–Crippen LogP) is 0.861. The second kappa shape index (κ2) is 4.94. The Morgan fingerprint density at radius 1 is 1.62 bits per heavy atom. The lowest BCUT2D eigenvalue weighted by Crippen LogP contribution is -2.33. The number of hydrogen-bond donors (Lipinski definition) is 2. The molecule has 4 nitrogen and oxygen atoms in total. The van der Waals surface area contributed by atoms with Crippen molar-refractivity contribution in [2.45, 2.75) is 13.0 Å². The number of hydrogen-bond acceptors (Lipinski definition) is 3. The molecule has 5 heteroatoms. The fourth-order valence-electron chi connectivity index (χ4n) is 1.41. The first kappa shape index (κ1) is 12.4. The Kier molecular flexibility index (Phi) is 3.84. The summed E-state index contributed by atoms with van der Waals surface area (Å²) >= 11 is 0. The quantitative estimate of drug-likeness (QED) is 0.751. The smallest absolute Gasteiger partial charge is 0.255 e. The van der Waals surface area contributed by atoms with Gasteiger partial charge in [0.2, 0.25) is 0 Å². The molecule has 0 aliphatic rings. The highest BCUT2D eigenvalue weighted by atomic mass is 19.1. The van der Waals surface area contributed by atoms with Gasteiger partial charge in [-0.3, -0.25) is 4.79 Å². The van der Waals surface area contributed by atoms with Crippen molar-refractivity contribution < 1.29 is 14.3 Å². The maximum absolute atomic E-state index is 12.8. The number of nitrogens with zero attached hydrogens (tertiary/aromatic N) is 1. The number of aliphatic hydroxyl groups is 1. The summed E-state index contributed by atoms with van der Waals surface area (Å²) in [6, 6.07) is 3.62. The number of carbonyl (C=O) groups excluding carboxylic acids is 1. The standard InChI is InChI=1S/C11H15FN2O2/c1-7(15)6-14(2)11(16)9-4-3-8(12)5-10(9)13/h3-5,7,15H,6,13H2,1-2H3. The molecule has 0 saturated heterocycles. The molecule has 1 amide bonds. The van der Waals surface area contributed by atoms with Crippen LogP contribution in [0.15, 0.2) is 18.2 Å². The Bertz CT molecular complexity index is 394. The molecule has 0 fully saturated rings. The van der Waals surface area contributed by atoms with Crippen molar-refractivity contribution in [2.75, 3.05) is 19.3 Å². The number of halogens is 1. The van der Waals surface area contributed by atoms with E-state index in [1.807, 2.05) is 0 Å². The fourth-order valence-corrected chi connectivity index (χ4v) is 1.41. The molecule has 0 aromatic heterocycles. The first-order valence-corrected chi connectivity index (χ1v) is 4.90. The topological polar surface area (TPSA) is 66.6 Å². The van der Waals surface area contributed by atoms with Gasteiger partial charge in [-0.25, -0.2) is 4.39 Å². The van der Waals surface area contributed by atoms with Crippen molar-refractivity contribution in [2.24, 2.45) is 0 Å². The van der Waals surface area contributed by atoms with Gasteiger partial charge < -0.3 is 15.7 Å². The summed E-state index contributed by atoms with van der Waals surface area (Å²) in [4.78, 5) is 13.2. The van der Waals surface area contributed by atoms with Crippen LogP contribution in [0.3, 0.4) is 0 Å². The van der Waals surface area contributed by atoms with E-state index in [9.17, 15) is 9.18 Å². The van der Waals surface area contributed by atoms with Gasteiger partial charge in [0.05, 0.1) is 11.7 Å². The van der Waals surface area contributed by atoms with E-state index >= 15 is 0 Å². The van der Waals surface area contributed by atoms with Crippen molar-refractivity contribution in [3.8, 4) is 0 Å². The molecule has 0 saturated carbocycles. The lowest BCUT2D eigenvalue weighted by molar-refractivity contribution is 0.0704. The van der Waals surface area contributed by atoms with E-state index in [0.29, 0.717) is 0 Å². The van der Waals surface area contributed by atoms with Crippen LogP contribution in [0.4, 0.5) is 10.1 Å². The molecule has 0 radical (unpaired) electrons. The van der Waals surface area contributed by atoms with Crippen LogP contribution in [0.25, 0.3) is 0 Å². The maximum atomic E-state index is 12.8. The van der Waals surface area contributed by atoms with Crippen LogP contribution in [0.1, 0.15) is 17.3 Å². The minimum atomic E-state index is -0.615. The predicted molar refractivity (Wildman–Crippen MR) is 59.5 cm³/mol. The highest BCUT2D eigenvalue weighted by Crippen LogP contribution is 2.15. The average molecular weight is 226 g/mol. The molecule has 0 aliphatic carbocycles. The van der Waals surface area contributed by atoms with Gasteiger partial charge in [-0.15, -0.1) is 0 Å². The zero-order valence-electron chi connectivity index (χ0n) is 9.27. The Hall–Kier alpha value is -1.62. The van der Waals surface area contributed by atoms with Gasteiger partial charge in [0.25, 0.3) is 5.91 Å². The minimum Gasteiger partial charge on any atom is -0.398 e. The third kappa shape index (κ3) is 2.93. The van der Waals surface area contributed by atoms with Gasteiger partial charge in [0.1, 0.15) is 5.82 Å². The number of rotatable bonds is 3. The molecule has 0 bridgehead atoms. The van der Waals surface area contributed by atoms with Crippen molar-refractivity contribution >= 4 is 11.6 Å². The second-order valence-corrected chi connectivity index (χ2v) is 3.77. The Labute approximate surface area is 93.5 Å². The molecule has 16 heavy (non-hydrogen) atoms. The summed E-state index contributed by atoms with van der Waals surface area (Å²) in [5.41, 5.74) is 5.88. The van der Waals surface area contributed by atoms with Crippen molar-refractivity contribution in [1.29, 1.82) is 0 Å². The lowest BCUT2D eigenvalue weighted by atomic mass is 10.1. The average Bonchev–Trinajstić information content (AvgIpc) is 2.15. The van der Waals surface area contributed by atoms with E-state index < -0.39 is 11.9 Å². The summed E-state index contributed by atoms with van der Waals surface area (Å²) in [7, 11) is 1.55. The molecule has 0 heterocycles. The highest BCUT2D eigenvalue weighted by molar-refractivity contribution is 5.98. The number of aliphatic hydroxyl groups excluding tert-OH is 1. The molecule has 0 aliphatic heterocycles. The van der Waals surface area contributed by atoms with Crippen molar-refractivity contribution in [3.05, 3.63) is 29.6 Å². The zero-order valence-corrected chi connectivity index (χ0v) is 9.27. The first-order chi connectivity index (χ1) is 7.41. The summed E-state index contributed by atoms with van der Waals surface area (Å²) in [5.74, 6) is -0.814. The van der Waals surface area contributed by atoms with Gasteiger partial charge in [-0.05, 0) is 25.1 Å². The Morgan fingerprint density at radius 3 is 2.75 bits per heavy atom. The molecule has 0 spiro atoms. The summed E-state index contributed by atoms with van der Waals surface area (Å²) in [6.07, 6.45) is -0.615. The van der Waals surface area contributed by atoms with Gasteiger partial charge in [-0.2, -0.15) is 0 Å². The van der Waals surface area contributed by atoms with Crippen LogP contribution >= 0.6 is 0 Å². The SMILES string of the molecule is CC(O)CN(C)C(=O)c1ccc(F)cc1N. The maximum Gasteiger partial charge on any atom is 0.255 e. The van der Waals surface area contributed by atoms with E-state index in [1.54, 1.807) is 14.0 Å². The Balaban J connectivity index is 2.88. The monoisotopic (exact) mass is 226 g/mol. The van der Waals surface area contributed by atoms with Crippen molar-refractivity contribution in [1.82, 2.24) is 4.90 Å². The number of likely N-dealkylation sites (N-methyl/N-ethyl adjacent to an activating group) is 1. The number of nitrogens with two attached hydrogens (primary N) is 1. The fraction of sp³-hybridized carbons (Fsp3) is 0.364. The van der Waals surface area contributed by atoms with Crippen LogP contribution in [-0.4, -0.2) is 35.6 Å². The van der Waals surface area contributed by atoms with Crippen LogP contribution in [0.2, 0.25) is 0 Å². The largest absolute Gasteiger partial charge is 0.398 e. The molecule has 3 N–H and O–H groups in total. The van der Waals surface area contributed by atoms with Gasteiger partial charge in [-0.1, -0.05) is 0 Å². The van der Waals surface area contributed by atoms with Gasteiger partial charge >= 0.3 is 0 Å². The highest BCUT2D eigenvalue weighted by Gasteiger charge is 2.16. The number of anilines is 1. The van der Waals surface area contributed by atoms with Gasteiger partial charge in [0.15, 0.2) is 0 Å². The van der Waals surface area contributed by atoms with Crippen LogP contribution < -0.4 is 5.73 Å². The molecule has 88 valence electrons. The van der Waals surface area contributed by atoms with Crippen molar-refractivity contribution in [3.63, 3.8) is 0 Å². The number of benzene rings is 1. The van der Waals surface area contributed by atoms with E-state index in [0.717, 1.165) is 6.07 Å². The summed E-state index contributed by atoms with van der Waals surface area (Å²) in [5, 5.41) is 9.15. The first-order valence-electron chi connectivity index (χ1n) is 4.90. The molecular formula is C11H15FN2O2. The molecule has 1 unspecified atom stereocenters. The molecule has 1 aromatic carbocycles. The summed E-state index contributed by atoms with van der Waals surface area (Å²) < 4.78 is 12.8. The molecule has 1 atom stereocenters. The third-order valence-electron chi connectivity index (χ3n) is 2.13. The minimum absolute atomic E-state index is 0.0995. The number of nitrogen functional groups attached to an aromatic ring is 1. The van der Waals surface area contributed by atoms with E-state index in [4.69, 9.17) is 10.8 Å². The van der Waals surface area contributed by atoms with E-state index in [-0.39, 0.29) is 23.7 Å². The number of amides is 1. The van der Waals surface area contributed by atoms with Crippen LogP contribution in [-0.2, 0) is 0 Å². The normalized spacial score (nSPS) is 12.2. The Morgan fingerprint density at radius 2 is 2.25 bits per heavy atom. The zero-order chi connectivity index (χ0) is 12.3. The van der Waals surface area contributed by atoms with E-state index in [1.165, 1.54) is 17.0 Å². The second-order valence-electron chi connectivity index (χ2n) is 3.77. The van der Waals surface area contributed by atoms with Gasteiger partial charge in [0, 0.05) is 19.3 Å². The van der Waals surface area contributed by atoms with Crippen LogP contribution in [0.5, 0.6) is 0 Å². The lowest BCUT2D eigenvalue weighted by Gasteiger charge is -2.19. The summed E-state index contributed by atoms with van der Waals surface area (Å²) in [6.45, 7) is 1.79. The molecular weight excluding hydrogens is 211 g/mol.